The van der Waals surface area contributed by atoms with Crippen LogP contribution < -0.4 is 4.74 Å². The number of furan rings is 1. The largest absolute Gasteiger partial charge is 0.460 e. The molecule has 3 aromatic heterocycles. The SMILES string of the molecule is CS(=O)(=O)N(OC=O)C1CCN(Cc2cc3ccc(Oc4nc5ncccc5s4)cc3o2)C1. The van der Waals surface area contributed by atoms with Gasteiger partial charge in [-0.2, -0.15) is 4.98 Å². The molecule has 1 unspecified atom stereocenters. The number of pyridine rings is 1. The van der Waals surface area contributed by atoms with Crippen molar-refractivity contribution in [1.82, 2.24) is 19.3 Å². The van der Waals surface area contributed by atoms with Gasteiger partial charge in [0.25, 0.3) is 5.19 Å². The molecule has 0 bridgehead atoms. The lowest BCUT2D eigenvalue weighted by Crippen LogP contribution is -2.41. The van der Waals surface area contributed by atoms with E-state index in [2.05, 4.69) is 14.9 Å². The van der Waals surface area contributed by atoms with E-state index in [0.717, 1.165) is 26.6 Å². The van der Waals surface area contributed by atoms with Gasteiger partial charge in [-0.25, -0.2) is 13.4 Å². The molecule has 0 amide bonds. The van der Waals surface area contributed by atoms with E-state index in [1.807, 2.05) is 36.4 Å². The molecule has 10 nitrogen and oxygen atoms in total. The molecular weight excluding hydrogens is 468 g/mol. The fourth-order valence-corrected chi connectivity index (χ4v) is 5.63. The van der Waals surface area contributed by atoms with Gasteiger partial charge in [0.1, 0.15) is 17.1 Å². The third-order valence-corrected chi connectivity index (χ3v) is 7.22. The quantitative estimate of drug-likeness (QED) is 0.272. The van der Waals surface area contributed by atoms with Gasteiger partial charge in [0.05, 0.1) is 23.5 Å². The molecule has 4 heterocycles. The first-order chi connectivity index (χ1) is 15.9. The summed E-state index contributed by atoms with van der Waals surface area (Å²) in [4.78, 5) is 26.1. The Morgan fingerprint density at radius 2 is 2.21 bits per heavy atom. The van der Waals surface area contributed by atoms with Crippen molar-refractivity contribution in [3.8, 4) is 10.9 Å². The summed E-state index contributed by atoms with van der Waals surface area (Å²) in [6, 6.07) is 10.9. The number of rotatable bonds is 8. The van der Waals surface area contributed by atoms with Gasteiger partial charge in [-0.05, 0) is 41.2 Å². The van der Waals surface area contributed by atoms with E-state index in [0.29, 0.717) is 48.2 Å². The maximum atomic E-state index is 11.9. The number of thiazole rings is 1. The summed E-state index contributed by atoms with van der Waals surface area (Å²) < 4.78 is 37.4. The number of hydrogen-bond donors (Lipinski definition) is 0. The predicted molar refractivity (Wildman–Crippen MR) is 121 cm³/mol. The minimum atomic E-state index is -3.66. The topological polar surface area (TPSA) is 115 Å². The molecule has 0 N–H and O–H groups in total. The van der Waals surface area contributed by atoms with Gasteiger partial charge >= 0.3 is 6.47 Å². The number of fused-ring (bicyclic) bond motifs is 2. The molecule has 1 aromatic carbocycles. The highest BCUT2D eigenvalue weighted by atomic mass is 32.2. The molecule has 1 aliphatic rings. The van der Waals surface area contributed by atoms with Crippen LogP contribution in [0.1, 0.15) is 12.2 Å². The average molecular weight is 489 g/mol. The lowest BCUT2D eigenvalue weighted by atomic mass is 10.2. The van der Waals surface area contributed by atoms with E-state index in [9.17, 15) is 13.2 Å². The van der Waals surface area contributed by atoms with Crippen LogP contribution in [0, 0.1) is 0 Å². The van der Waals surface area contributed by atoms with Gasteiger partial charge in [0.2, 0.25) is 10.0 Å². The number of hydrogen-bond acceptors (Lipinski definition) is 10. The highest BCUT2D eigenvalue weighted by molar-refractivity contribution is 7.88. The molecule has 5 rings (SSSR count). The number of aromatic nitrogens is 2. The molecule has 1 fully saturated rings. The van der Waals surface area contributed by atoms with E-state index < -0.39 is 16.1 Å². The van der Waals surface area contributed by atoms with Crippen LogP contribution >= 0.6 is 11.3 Å². The lowest BCUT2D eigenvalue weighted by molar-refractivity contribution is -0.157. The summed E-state index contributed by atoms with van der Waals surface area (Å²) in [6.07, 6.45) is 3.26. The second-order valence-corrected chi connectivity index (χ2v) is 10.5. The normalized spacial score (nSPS) is 17.2. The van der Waals surface area contributed by atoms with Gasteiger partial charge < -0.3 is 14.0 Å². The van der Waals surface area contributed by atoms with Crippen molar-refractivity contribution in [1.29, 1.82) is 0 Å². The van der Waals surface area contributed by atoms with Gasteiger partial charge in [-0.3, -0.25) is 9.69 Å². The van der Waals surface area contributed by atoms with Crippen molar-refractivity contribution in [2.75, 3.05) is 19.3 Å². The molecule has 4 aromatic rings. The minimum Gasteiger partial charge on any atom is -0.460 e. The van der Waals surface area contributed by atoms with E-state index in [-0.39, 0.29) is 6.47 Å². The zero-order valence-electron chi connectivity index (χ0n) is 17.6. The summed E-state index contributed by atoms with van der Waals surface area (Å²) in [5.74, 6) is 1.35. The smallest absolute Gasteiger partial charge is 0.314 e. The number of carbonyl (C=O) groups excluding carboxylic acids is 1. The van der Waals surface area contributed by atoms with E-state index in [4.69, 9.17) is 14.0 Å². The van der Waals surface area contributed by atoms with Crippen LogP contribution in [0.4, 0.5) is 0 Å². The summed E-state index contributed by atoms with van der Waals surface area (Å²) in [6.45, 7) is 1.71. The first kappa shape index (κ1) is 21.8. The van der Waals surface area contributed by atoms with Crippen molar-refractivity contribution < 1.29 is 27.2 Å². The Hall–Kier alpha value is -3.06. The molecule has 1 aliphatic heterocycles. The van der Waals surface area contributed by atoms with Crippen LogP contribution in [-0.4, -0.2) is 59.6 Å². The fourth-order valence-electron chi connectivity index (χ4n) is 3.93. The van der Waals surface area contributed by atoms with Gasteiger partial charge in [0.15, 0.2) is 5.65 Å². The van der Waals surface area contributed by atoms with Crippen LogP contribution in [0.15, 0.2) is 47.0 Å². The number of benzene rings is 1. The van der Waals surface area contributed by atoms with Crippen LogP contribution in [0.5, 0.6) is 10.9 Å². The highest BCUT2D eigenvalue weighted by Crippen LogP contribution is 2.32. The van der Waals surface area contributed by atoms with E-state index in [1.165, 1.54) is 11.3 Å². The van der Waals surface area contributed by atoms with Gasteiger partial charge in [-0.15, -0.1) is 0 Å². The van der Waals surface area contributed by atoms with Crippen molar-refractivity contribution in [2.45, 2.75) is 19.0 Å². The maximum Gasteiger partial charge on any atom is 0.314 e. The molecule has 1 atom stereocenters. The predicted octanol–water partition coefficient (Wildman–Crippen LogP) is 3.15. The van der Waals surface area contributed by atoms with Crippen molar-refractivity contribution in [3.63, 3.8) is 0 Å². The standard InChI is InChI=1S/C21H20N4O6S2/c1-33(27,28)25(29-13-26)15-6-8-24(11-15)12-17-9-14-4-5-16(10-18(14)30-17)31-21-23-20-19(32-21)3-2-7-22-20/h2-5,7,9-10,13,15H,6,8,11-12H2,1H3. The number of hydroxylamine groups is 1. The summed E-state index contributed by atoms with van der Waals surface area (Å²) >= 11 is 1.42. The minimum absolute atomic E-state index is 0.132. The zero-order valence-corrected chi connectivity index (χ0v) is 19.2. The van der Waals surface area contributed by atoms with Crippen molar-refractivity contribution in [3.05, 3.63) is 48.4 Å². The van der Waals surface area contributed by atoms with E-state index in [1.54, 1.807) is 6.20 Å². The second kappa shape index (κ2) is 8.71. The van der Waals surface area contributed by atoms with Crippen molar-refractivity contribution >= 4 is 49.1 Å². The van der Waals surface area contributed by atoms with Crippen LogP contribution in [-0.2, 0) is 26.2 Å². The van der Waals surface area contributed by atoms with E-state index >= 15 is 0 Å². The first-order valence-corrected chi connectivity index (χ1v) is 12.8. The zero-order chi connectivity index (χ0) is 23.0. The van der Waals surface area contributed by atoms with Crippen LogP contribution in [0.2, 0.25) is 0 Å². The molecule has 0 saturated carbocycles. The van der Waals surface area contributed by atoms with Crippen LogP contribution in [0.3, 0.4) is 0 Å². The average Bonchev–Trinajstić information content (AvgIpc) is 3.48. The third-order valence-electron chi connectivity index (χ3n) is 5.29. The Labute approximate surface area is 193 Å². The molecule has 33 heavy (non-hydrogen) atoms. The summed E-state index contributed by atoms with van der Waals surface area (Å²) in [5, 5.41) is 1.44. The Morgan fingerprint density at radius 3 is 3.00 bits per heavy atom. The monoisotopic (exact) mass is 488 g/mol. The number of nitrogens with zero attached hydrogens (tertiary/aromatic N) is 4. The molecule has 1 saturated heterocycles. The Bertz CT molecular complexity index is 1380. The highest BCUT2D eigenvalue weighted by Gasteiger charge is 2.35. The summed E-state index contributed by atoms with van der Waals surface area (Å²) in [5.41, 5.74) is 1.33. The van der Waals surface area contributed by atoms with Crippen LogP contribution in [0.25, 0.3) is 21.3 Å². The molecule has 0 radical (unpaired) electrons. The molecule has 0 spiro atoms. The molecule has 0 aliphatic carbocycles. The molecule has 172 valence electrons. The Balaban J connectivity index is 1.27. The number of sulfonamides is 1. The van der Waals surface area contributed by atoms with Gasteiger partial charge in [0, 0.05) is 30.7 Å². The Morgan fingerprint density at radius 1 is 1.33 bits per heavy atom. The van der Waals surface area contributed by atoms with Gasteiger partial charge in [-0.1, -0.05) is 11.3 Å². The third kappa shape index (κ3) is 4.69. The Kier molecular flexibility index (Phi) is 5.74. The van der Waals surface area contributed by atoms with Crippen molar-refractivity contribution in [2.24, 2.45) is 0 Å². The molecule has 12 heteroatoms. The number of likely N-dealkylation sites (tertiary alicyclic amines) is 1. The first-order valence-electron chi connectivity index (χ1n) is 10.1. The second-order valence-electron chi connectivity index (χ2n) is 7.72. The maximum absolute atomic E-state index is 11.9. The molecular formula is C21H20N4O6S2. The summed E-state index contributed by atoms with van der Waals surface area (Å²) in [7, 11) is -3.66. The number of carbonyl (C=O) groups is 1. The lowest BCUT2D eigenvalue weighted by Gasteiger charge is -2.23. The fraction of sp³-hybridized carbons (Fsp3) is 0.286. The number of ether oxygens (including phenoxy) is 1.